The first-order valence-electron chi connectivity index (χ1n) is 7.99. The van der Waals surface area contributed by atoms with Gasteiger partial charge in [0, 0.05) is 0 Å². The molecule has 0 rings (SSSR count). The van der Waals surface area contributed by atoms with Crippen molar-refractivity contribution in [2.24, 2.45) is 0 Å². The van der Waals surface area contributed by atoms with Crippen molar-refractivity contribution in [3.8, 4) is 0 Å². The average Bonchev–Trinajstić information content (AvgIpc) is 2.54. The lowest BCUT2D eigenvalue weighted by atomic mass is 10.0. The molecule has 6 unspecified atom stereocenters. The van der Waals surface area contributed by atoms with E-state index in [0.29, 0.717) is 12.8 Å². The van der Waals surface area contributed by atoms with Crippen molar-refractivity contribution in [3.63, 3.8) is 0 Å². The number of nitrogens with zero attached hydrogens (tertiary/aromatic N) is 1. The van der Waals surface area contributed by atoms with E-state index in [1.807, 2.05) is 0 Å². The third kappa shape index (κ3) is 9.53. The van der Waals surface area contributed by atoms with Crippen LogP contribution in [-0.2, 0) is 0 Å². The molecule has 0 fully saturated rings. The standard InChI is InChI=1S/C8H19NO3.C7H17NO3/c1-4-7(11)8(12)6(5-10)9(2)3;1-3-6(10)7(11)5(4-9)8-2/h6-8,10-12H,4-5H2,1-3H3;5-11H,3-4H2,1-2H3. The van der Waals surface area contributed by atoms with Crippen LogP contribution in [0.15, 0.2) is 0 Å². The third-order valence-corrected chi connectivity index (χ3v) is 3.85. The zero-order chi connectivity index (χ0) is 18.6. The van der Waals surface area contributed by atoms with Crippen molar-refractivity contribution in [1.29, 1.82) is 0 Å². The van der Waals surface area contributed by atoms with Gasteiger partial charge in [0.2, 0.25) is 0 Å². The van der Waals surface area contributed by atoms with Gasteiger partial charge >= 0.3 is 0 Å². The van der Waals surface area contributed by atoms with Gasteiger partial charge < -0.3 is 40.9 Å². The van der Waals surface area contributed by atoms with Crippen LogP contribution in [0.2, 0.25) is 0 Å². The number of likely N-dealkylation sites (N-methyl/N-ethyl adjacent to an activating group) is 2. The SMILES string of the molecule is CCC(O)C(O)C(CO)N(C)C.CCC(O)C(O)C(CO)NC. The van der Waals surface area contributed by atoms with E-state index in [1.165, 1.54) is 0 Å². The van der Waals surface area contributed by atoms with E-state index in [4.69, 9.17) is 15.3 Å². The maximum Gasteiger partial charge on any atom is 0.0975 e. The van der Waals surface area contributed by atoms with Gasteiger partial charge in [-0.25, -0.2) is 0 Å². The number of rotatable bonds is 10. The summed E-state index contributed by atoms with van der Waals surface area (Å²) in [6.45, 7) is 3.25. The van der Waals surface area contributed by atoms with Crippen LogP contribution in [0.4, 0.5) is 0 Å². The van der Waals surface area contributed by atoms with Gasteiger partial charge in [-0.05, 0) is 34.0 Å². The lowest BCUT2D eigenvalue weighted by Crippen LogP contribution is -2.47. The molecular formula is C15H36N2O6. The molecule has 23 heavy (non-hydrogen) atoms. The molecule has 8 nitrogen and oxygen atoms in total. The van der Waals surface area contributed by atoms with Gasteiger partial charge in [-0.15, -0.1) is 0 Å². The van der Waals surface area contributed by atoms with Crippen molar-refractivity contribution in [1.82, 2.24) is 10.2 Å². The Balaban J connectivity index is 0. The summed E-state index contributed by atoms with van der Waals surface area (Å²) in [5.74, 6) is 0. The summed E-state index contributed by atoms with van der Waals surface area (Å²) in [4.78, 5) is 1.70. The number of aliphatic hydroxyl groups is 6. The Morgan fingerprint density at radius 2 is 1.26 bits per heavy atom. The highest BCUT2D eigenvalue weighted by Crippen LogP contribution is 2.07. The minimum Gasteiger partial charge on any atom is -0.395 e. The first-order chi connectivity index (χ1) is 10.7. The van der Waals surface area contributed by atoms with E-state index in [1.54, 1.807) is 39.9 Å². The Morgan fingerprint density at radius 1 is 0.826 bits per heavy atom. The van der Waals surface area contributed by atoms with Crippen molar-refractivity contribution in [3.05, 3.63) is 0 Å². The summed E-state index contributed by atoms with van der Waals surface area (Å²) < 4.78 is 0. The normalized spacial score (nSPS) is 19.3. The second-order valence-corrected chi connectivity index (χ2v) is 5.72. The van der Waals surface area contributed by atoms with E-state index >= 15 is 0 Å². The molecule has 0 saturated carbocycles. The van der Waals surface area contributed by atoms with E-state index < -0.39 is 30.5 Å². The van der Waals surface area contributed by atoms with Gasteiger partial charge in [0.25, 0.3) is 0 Å². The van der Waals surface area contributed by atoms with Gasteiger partial charge in [0.1, 0.15) is 0 Å². The summed E-state index contributed by atoms with van der Waals surface area (Å²) in [5, 5.41) is 57.6. The molecule has 0 aromatic rings. The van der Waals surface area contributed by atoms with E-state index in [-0.39, 0.29) is 19.3 Å². The van der Waals surface area contributed by atoms with Crippen LogP contribution < -0.4 is 5.32 Å². The molecule has 142 valence electrons. The summed E-state index contributed by atoms with van der Waals surface area (Å²) in [6.07, 6.45) is -2.32. The first kappa shape index (κ1) is 24.9. The zero-order valence-corrected chi connectivity index (χ0v) is 14.9. The van der Waals surface area contributed by atoms with Crippen LogP contribution in [0.25, 0.3) is 0 Å². The van der Waals surface area contributed by atoms with Gasteiger partial charge in [-0.1, -0.05) is 13.8 Å². The Morgan fingerprint density at radius 3 is 1.52 bits per heavy atom. The number of hydrogen-bond acceptors (Lipinski definition) is 8. The third-order valence-electron chi connectivity index (χ3n) is 3.85. The molecule has 0 bridgehead atoms. The van der Waals surface area contributed by atoms with Crippen LogP contribution in [0.5, 0.6) is 0 Å². The Labute approximate surface area is 139 Å². The van der Waals surface area contributed by atoms with Gasteiger partial charge in [0.05, 0.1) is 49.7 Å². The second kappa shape index (κ2) is 14.1. The van der Waals surface area contributed by atoms with Crippen LogP contribution in [-0.4, -0.2) is 106 Å². The fourth-order valence-corrected chi connectivity index (χ4v) is 1.95. The van der Waals surface area contributed by atoms with Gasteiger partial charge in [0.15, 0.2) is 0 Å². The molecule has 7 N–H and O–H groups in total. The molecule has 6 atom stereocenters. The van der Waals surface area contributed by atoms with Crippen molar-refractivity contribution in [2.45, 2.75) is 63.2 Å². The number of nitrogens with one attached hydrogen (secondary N) is 1. The largest absolute Gasteiger partial charge is 0.395 e. The average molecular weight is 340 g/mol. The van der Waals surface area contributed by atoms with E-state index in [9.17, 15) is 15.3 Å². The fourth-order valence-electron chi connectivity index (χ4n) is 1.95. The highest BCUT2D eigenvalue weighted by Gasteiger charge is 2.26. The summed E-state index contributed by atoms with van der Waals surface area (Å²) in [7, 11) is 5.14. The lowest BCUT2D eigenvalue weighted by Gasteiger charge is -2.29. The minimum atomic E-state index is -0.894. The van der Waals surface area contributed by atoms with Crippen LogP contribution in [0.3, 0.4) is 0 Å². The van der Waals surface area contributed by atoms with Gasteiger partial charge in [-0.2, -0.15) is 0 Å². The molecule has 0 aromatic heterocycles. The second-order valence-electron chi connectivity index (χ2n) is 5.72. The number of hydrogen-bond donors (Lipinski definition) is 7. The minimum absolute atomic E-state index is 0.148. The predicted molar refractivity (Wildman–Crippen MR) is 89.1 cm³/mol. The summed E-state index contributed by atoms with van der Waals surface area (Å²) in [5.41, 5.74) is 0. The maximum absolute atomic E-state index is 9.50. The predicted octanol–water partition coefficient (Wildman–Crippen LogP) is -2.26. The highest BCUT2D eigenvalue weighted by atomic mass is 16.3. The van der Waals surface area contributed by atoms with Crippen LogP contribution in [0.1, 0.15) is 26.7 Å². The van der Waals surface area contributed by atoms with E-state index in [2.05, 4.69) is 5.32 Å². The molecule has 0 aliphatic carbocycles. The summed E-state index contributed by atoms with van der Waals surface area (Å²) >= 11 is 0. The molecule has 0 saturated heterocycles. The van der Waals surface area contributed by atoms with Gasteiger partial charge in [-0.3, -0.25) is 0 Å². The molecule has 0 aromatic carbocycles. The zero-order valence-electron chi connectivity index (χ0n) is 14.9. The maximum atomic E-state index is 9.50. The monoisotopic (exact) mass is 340 g/mol. The Kier molecular flexibility index (Phi) is 15.2. The Hall–Kier alpha value is -0.320. The topological polar surface area (TPSA) is 137 Å². The van der Waals surface area contributed by atoms with Crippen molar-refractivity contribution >= 4 is 0 Å². The highest BCUT2D eigenvalue weighted by molar-refractivity contribution is 4.80. The molecule has 0 amide bonds. The fraction of sp³-hybridized carbons (Fsp3) is 1.00. The molecule has 8 heteroatoms. The molecular weight excluding hydrogens is 304 g/mol. The molecule has 0 aliphatic heterocycles. The number of aliphatic hydroxyl groups excluding tert-OH is 6. The van der Waals surface area contributed by atoms with Crippen molar-refractivity contribution < 1.29 is 30.6 Å². The smallest absolute Gasteiger partial charge is 0.0975 e. The summed E-state index contributed by atoms with van der Waals surface area (Å²) in [6, 6.07) is -0.829. The van der Waals surface area contributed by atoms with Crippen LogP contribution in [0, 0.1) is 0 Å². The van der Waals surface area contributed by atoms with Crippen LogP contribution >= 0.6 is 0 Å². The molecule has 0 heterocycles. The quantitative estimate of drug-likeness (QED) is 0.237. The first-order valence-corrected chi connectivity index (χ1v) is 7.99. The molecule has 0 aliphatic rings. The Bertz CT molecular complexity index is 266. The molecule has 0 radical (unpaired) electrons. The van der Waals surface area contributed by atoms with E-state index in [0.717, 1.165) is 0 Å². The lowest BCUT2D eigenvalue weighted by molar-refractivity contribution is -0.0437. The van der Waals surface area contributed by atoms with Crippen molar-refractivity contribution in [2.75, 3.05) is 34.4 Å². The molecule has 0 spiro atoms.